The van der Waals surface area contributed by atoms with Gasteiger partial charge in [0.15, 0.2) is 0 Å². The van der Waals surface area contributed by atoms with Crippen LogP contribution in [0.1, 0.15) is 44.1 Å². The molecule has 1 unspecified atom stereocenters. The molecule has 0 aromatic heterocycles. The zero-order valence-corrected chi connectivity index (χ0v) is 15.4. The molecule has 0 radical (unpaired) electrons. The van der Waals surface area contributed by atoms with Crippen LogP contribution in [0.2, 0.25) is 0 Å². The van der Waals surface area contributed by atoms with Crippen molar-refractivity contribution in [2.45, 2.75) is 57.2 Å². The van der Waals surface area contributed by atoms with E-state index in [1.807, 2.05) is 0 Å². The first-order valence-electron chi connectivity index (χ1n) is 10.2. The van der Waals surface area contributed by atoms with E-state index in [1.165, 1.54) is 57.2 Å². The predicted molar refractivity (Wildman–Crippen MR) is 100 cm³/mol. The molecule has 138 valence electrons. The highest BCUT2D eigenvalue weighted by molar-refractivity contribution is 5.27. The van der Waals surface area contributed by atoms with Crippen LogP contribution in [0.3, 0.4) is 0 Å². The minimum Gasteiger partial charge on any atom is -0.490 e. The maximum Gasteiger partial charge on any atom is 0.119 e. The molecule has 1 aromatic rings. The van der Waals surface area contributed by atoms with E-state index in [9.17, 15) is 0 Å². The van der Waals surface area contributed by atoms with Gasteiger partial charge in [-0.1, -0.05) is 12.1 Å². The van der Waals surface area contributed by atoms with Gasteiger partial charge in [0.05, 0.1) is 19.3 Å². The lowest BCUT2D eigenvalue weighted by Gasteiger charge is -2.41. The van der Waals surface area contributed by atoms with Crippen LogP contribution < -0.4 is 4.74 Å². The number of nitrogens with zero attached hydrogens (tertiary/aromatic N) is 2. The van der Waals surface area contributed by atoms with Crippen LogP contribution in [-0.4, -0.2) is 61.3 Å². The van der Waals surface area contributed by atoms with Crippen molar-refractivity contribution in [3.8, 4) is 5.75 Å². The van der Waals surface area contributed by atoms with Crippen LogP contribution >= 0.6 is 0 Å². The number of likely N-dealkylation sites (tertiary alicyclic amines) is 1. The van der Waals surface area contributed by atoms with Crippen molar-refractivity contribution in [3.05, 3.63) is 29.8 Å². The molecule has 4 rings (SSSR count). The molecule has 3 fully saturated rings. The van der Waals surface area contributed by atoms with Gasteiger partial charge in [0, 0.05) is 32.2 Å². The molecular weight excluding hydrogens is 312 g/mol. The van der Waals surface area contributed by atoms with Crippen molar-refractivity contribution in [3.63, 3.8) is 0 Å². The second-order valence-corrected chi connectivity index (χ2v) is 7.85. The molecule has 25 heavy (non-hydrogen) atoms. The van der Waals surface area contributed by atoms with Crippen molar-refractivity contribution in [1.29, 1.82) is 0 Å². The summed E-state index contributed by atoms with van der Waals surface area (Å²) in [5.41, 5.74) is 1.40. The second kappa shape index (κ2) is 8.52. The average Bonchev–Trinajstić information content (AvgIpc) is 3.17. The number of benzene rings is 1. The molecule has 1 aliphatic carbocycles. The van der Waals surface area contributed by atoms with Crippen LogP contribution in [-0.2, 0) is 11.3 Å². The van der Waals surface area contributed by atoms with Crippen molar-refractivity contribution in [1.82, 2.24) is 9.80 Å². The molecule has 0 spiro atoms. The molecule has 1 aromatic carbocycles. The Morgan fingerprint density at radius 2 is 1.68 bits per heavy atom. The molecule has 3 aliphatic rings. The molecule has 2 aliphatic heterocycles. The van der Waals surface area contributed by atoms with Gasteiger partial charge in [-0.05, 0) is 62.8 Å². The SMILES string of the molecule is c1cc(OC2CCCC2)ccc1CN1CCCC(N2CCOCC2)C1. The summed E-state index contributed by atoms with van der Waals surface area (Å²) in [6.07, 6.45) is 8.18. The molecule has 4 heteroatoms. The summed E-state index contributed by atoms with van der Waals surface area (Å²) in [5.74, 6) is 1.04. The molecule has 0 amide bonds. The Bertz CT molecular complexity index is 521. The van der Waals surface area contributed by atoms with E-state index in [0.717, 1.165) is 38.6 Å². The molecule has 4 nitrogen and oxygen atoms in total. The first kappa shape index (κ1) is 17.3. The van der Waals surface area contributed by atoms with Crippen LogP contribution in [0.5, 0.6) is 5.75 Å². The number of rotatable bonds is 5. The Morgan fingerprint density at radius 3 is 2.44 bits per heavy atom. The van der Waals surface area contributed by atoms with Crippen molar-refractivity contribution in [2.24, 2.45) is 0 Å². The van der Waals surface area contributed by atoms with Crippen LogP contribution in [0.15, 0.2) is 24.3 Å². The van der Waals surface area contributed by atoms with Gasteiger partial charge in [0.2, 0.25) is 0 Å². The Morgan fingerprint density at radius 1 is 0.920 bits per heavy atom. The smallest absolute Gasteiger partial charge is 0.119 e. The van der Waals surface area contributed by atoms with Crippen molar-refractivity contribution in [2.75, 3.05) is 39.4 Å². The van der Waals surface area contributed by atoms with Gasteiger partial charge >= 0.3 is 0 Å². The van der Waals surface area contributed by atoms with Gasteiger partial charge in [-0.25, -0.2) is 0 Å². The first-order chi connectivity index (χ1) is 12.4. The second-order valence-electron chi connectivity index (χ2n) is 7.85. The highest BCUT2D eigenvalue weighted by Gasteiger charge is 2.26. The Balaban J connectivity index is 1.28. The van der Waals surface area contributed by atoms with Gasteiger partial charge in [0.1, 0.15) is 5.75 Å². The van der Waals surface area contributed by atoms with Crippen LogP contribution in [0.25, 0.3) is 0 Å². The molecule has 1 saturated carbocycles. The number of morpholine rings is 1. The summed E-state index contributed by atoms with van der Waals surface area (Å²) in [5, 5.41) is 0. The normalized spacial score (nSPS) is 26.8. The zero-order valence-electron chi connectivity index (χ0n) is 15.4. The fourth-order valence-corrected chi connectivity index (χ4v) is 4.55. The summed E-state index contributed by atoms with van der Waals surface area (Å²) in [6, 6.07) is 9.54. The highest BCUT2D eigenvalue weighted by atomic mass is 16.5. The maximum absolute atomic E-state index is 6.08. The minimum atomic E-state index is 0.447. The summed E-state index contributed by atoms with van der Waals surface area (Å²) < 4.78 is 11.6. The zero-order chi connectivity index (χ0) is 16.9. The molecule has 0 N–H and O–H groups in total. The Kier molecular flexibility index (Phi) is 5.90. The van der Waals surface area contributed by atoms with E-state index in [-0.39, 0.29) is 0 Å². The van der Waals surface area contributed by atoms with Crippen LogP contribution in [0, 0.1) is 0 Å². The molecular formula is C21H32N2O2. The Labute approximate surface area is 152 Å². The fraction of sp³-hybridized carbons (Fsp3) is 0.714. The van der Waals surface area contributed by atoms with Gasteiger partial charge in [-0.3, -0.25) is 9.80 Å². The van der Waals surface area contributed by atoms with Crippen LogP contribution in [0.4, 0.5) is 0 Å². The quantitative estimate of drug-likeness (QED) is 0.818. The summed E-state index contributed by atoms with van der Waals surface area (Å²) >= 11 is 0. The number of ether oxygens (including phenoxy) is 2. The van der Waals surface area contributed by atoms with Crippen molar-refractivity contribution < 1.29 is 9.47 Å². The number of piperidine rings is 1. The molecule has 1 atom stereocenters. The molecule has 0 bridgehead atoms. The lowest BCUT2D eigenvalue weighted by atomic mass is 10.0. The summed E-state index contributed by atoms with van der Waals surface area (Å²) in [4.78, 5) is 5.25. The largest absolute Gasteiger partial charge is 0.490 e. The fourth-order valence-electron chi connectivity index (χ4n) is 4.55. The summed E-state index contributed by atoms with van der Waals surface area (Å²) in [6.45, 7) is 7.49. The van der Waals surface area contributed by atoms with Gasteiger partial charge in [0.25, 0.3) is 0 Å². The van der Waals surface area contributed by atoms with E-state index in [2.05, 4.69) is 34.1 Å². The van der Waals surface area contributed by atoms with Gasteiger partial charge in [-0.15, -0.1) is 0 Å². The van der Waals surface area contributed by atoms with Gasteiger partial charge < -0.3 is 9.47 Å². The van der Waals surface area contributed by atoms with E-state index in [0.29, 0.717) is 12.1 Å². The van der Waals surface area contributed by atoms with Gasteiger partial charge in [-0.2, -0.15) is 0 Å². The monoisotopic (exact) mass is 344 g/mol. The molecule has 2 saturated heterocycles. The Hall–Kier alpha value is -1.10. The van der Waals surface area contributed by atoms with E-state index in [4.69, 9.17) is 9.47 Å². The number of hydrogen-bond acceptors (Lipinski definition) is 4. The summed E-state index contributed by atoms with van der Waals surface area (Å²) in [7, 11) is 0. The predicted octanol–water partition coefficient (Wildman–Crippen LogP) is 3.30. The van der Waals surface area contributed by atoms with E-state index in [1.54, 1.807) is 0 Å². The maximum atomic E-state index is 6.08. The number of hydrogen-bond donors (Lipinski definition) is 0. The average molecular weight is 344 g/mol. The third-order valence-electron chi connectivity index (χ3n) is 5.98. The van der Waals surface area contributed by atoms with E-state index >= 15 is 0 Å². The third-order valence-corrected chi connectivity index (χ3v) is 5.98. The highest BCUT2D eigenvalue weighted by Crippen LogP contribution is 2.25. The van der Waals surface area contributed by atoms with E-state index < -0.39 is 0 Å². The first-order valence-corrected chi connectivity index (χ1v) is 10.2. The topological polar surface area (TPSA) is 24.9 Å². The van der Waals surface area contributed by atoms with Crippen molar-refractivity contribution >= 4 is 0 Å². The standard InChI is InChI=1S/C21H32N2O2/c1-2-6-20(5-1)25-21-9-7-18(8-10-21)16-22-11-3-4-19(17-22)23-12-14-24-15-13-23/h7-10,19-20H,1-6,11-17H2. The lowest BCUT2D eigenvalue weighted by Crippen LogP contribution is -2.51. The lowest BCUT2D eigenvalue weighted by molar-refractivity contribution is -0.00358. The molecule has 2 heterocycles. The minimum absolute atomic E-state index is 0.447. The third kappa shape index (κ3) is 4.75.